The van der Waals surface area contributed by atoms with Crippen LogP contribution in [0.1, 0.15) is 19.0 Å². The van der Waals surface area contributed by atoms with Crippen LogP contribution in [-0.4, -0.2) is 22.2 Å². The standard InChI is InChI=1S/C9H12F3N3/c1-7(4-9(10,11)12)14-5-8-2-3-13-6-15-8/h2-3,6-7,14H,4-5H2,1H3. The first-order chi connectivity index (χ1) is 6.97. The van der Waals surface area contributed by atoms with Crippen molar-refractivity contribution in [3.63, 3.8) is 0 Å². The summed E-state index contributed by atoms with van der Waals surface area (Å²) in [7, 11) is 0. The molecule has 84 valence electrons. The Balaban J connectivity index is 2.32. The van der Waals surface area contributed by atoms with Gasteiger partial charge in [-0.25, -0.2) is 9.97 Å². The van der Waals surface area contributed by atoms with Crippen LogP contribution >= 0.6 is 0 Å². The maximum atomic E-state index is 12.0. The van der Waals surface area contributed by atoms with Gasteiger partial charge in [0.2, 0.25) is 0 Å². The first-order valence-electron chi connectivity index (χ1n) is 4.52. The topological polar surface area (TPSA) is 37.8 Å². The molecule has 1 aromatic rings. The summed E-state index contributed by atoms with van der Waals surface area (Å²) in [4.78, 5) is 7.61. The monoisotopic (exact) mass is 219 g/mol. The number of aromatic nitrogens is 2. The molecule has 1 unspecified atom stereocenters. The van der Waals surface area contributed by atoms with E-state index in [1.54, 1.807) is 12.3 Å². The number of alkyl halides is 3. The molecule has 3 nitrogen and oxygen atoms in total. The van der Waals surface area contributed by atoms with E-state index < -0.39 is 18.6 Å². The molecule has 0 spiro atoms. The summed E-state index contributed by atoms with van der Waals surface area (Å²) < 4.78 is 35.9. The lowest BCUT2D eigenvalue weighted by molar-refractivity contribution is -0.139. The van der Waals surface area contributed by atoms with Crippen LogP contribution in [0.5, 0.6) is 0 Å². The van der Waals surface area contributed by atoms with Gasteiger partial charge in [0, 0.05) is 18.8 Å². The maximum absolute atomic E-state index is 12.0. The van der Waals surface area contributed by atoms with Crippen LogP contribution in [0.4, 0.5) is 13.2 Å². The molecular formula is C9H12F3N3. The molecule has 0 aliphatic carbocycles. The number of halogens is 3. The van der Waals surface area contributed by atoms with Crippen molar-refractivity contribution < 1.29 is 13.2 Å². The summed E-state index contributed by atoms with van der Waals surface area (Å²) in [5.74, 6) is 0. The first kappa shape index (κ1) is 11.9. The lowest BCUT2D eigenvalue weighted by atomic mass is 10.2. The molecule has 0 fully saturated rings. The van der Waals surface area contributed by atoms with Crippen LogP contribution in [0, 0.1) is 0 Å². The highest BCUT2D eigenvalue weighted by Gasteiger charge is 2.29. The molecule has 0 aromatic carbocycles. The SMILES string of the molecule is CC(CC(F)(F)F)NCc1ccncn1. The van der Waals surface area contributed by atoms with Crippen LogP contribution in [0.15, 0.2) is 18.6 Å². The van der Waals surface area contributed by atoms with E-state index in [1.165, 1.54) is 13.3 Å². The van der Waals surface area contributed by atoms with Gasteiger partial charge in [0.05, 0.1) is 12.1 Å². The largest absolute Gasteiger partial charge is 0.390 e. The van der Waals surface area contributed by atoms with Gasteiger partial charge >= 0.3 is 6.18 Å². The Morgan fingerprint density at radius 2 is 2.20 bits per heavy atom. The summed E-state index contributed by atoms with van der Waals surface area (Å²) in [6.07, 6.45) is -2.04. The summed E-state index contributed by atoms with van der Waals surface area (Å²) >= 11 is 0. The van der Waals surface area contributed by atoms with Gasteiger partial charge in [0.25, 0.3) is 0 Å². The van der Waals surface area contributed by atoms with Crippen molar-refractivity contribution in [3.05, 3.63) is 24.3 Å². The lowest BCUT2D eigenvalue weighted by Crippen LogP contribution is -2.30. The van der Waals surface area contributed by atoms with Crippen molar-refractivity contribution in [1.29, 1.82) is 0 Å². The molecule has 15 heavy (non-hydrogen) atoms. The quantitative estimate of drug-likeness (QED) is 0.840. The second-order valence-corrected chi connectivity index (χ2v) is 3.30. The Morgan fingerprint density at radius 3 is 2.73 bits per heavy atom. The molecule has 0 aliphatic heterocycles. The molecule has 1 heterocycles. The smallest absolute Gasteiger partial charge is 0.308 e. The van der Waals surface area contributed by atoms with Gasteiger partial charge in [-0.05, 0) is 13.0 Å². The van der Waals surface area contributed by atoms with Gasteiger partial charge in [0.15, 0.2) is 0 Å². The number of hydrogen-bond donors (Lipinski definition) is 1. The van der Waals surface area contributed by atoms with Gasteiger partial charge in [0.1, 0.15) is 6.33 Å². The third-order valence-electron chi connectivity index (χ3n) is 1.81. The van der Waals surface area contributed by atoms with E-state index in [-0.39, 0.29) is 0 Å². The Kier molecular flexibility index (Phi) is 4.02. The van der Waals surface area contributed by atoms with Gasteiger partial charge in [-0.15, -0.1) is 0 Å². The second kappa shape index (κ2) is 5.06. The van der Waals surface area contributed by atoms with Crippen LogP contribution < -0.4 is 5.32 Å². The molecule has 0 saturated carbocycles. The zero-order valence-corrected chi connectivity index (χ0v) is 8.25. The van der Waals surface area contributed by atoms with Gasteiger partial charge in [-0.3, -0.25) is 0 Å². The van der Waals surface area contributed by atoms with Crippen molar-refractivity contribution >= 4 is 0 Å². The van der Waals surface area contributed by atoms with E-state index in [0.29, 0.717) is 12.2 Å². The lowest BCUT2D eigenvalue weighted by Gasteiger charge is -2.15. The van der Waals surface area contributed by atoms with E-state index in [4.69, 9.17) is 0 Å². The summed E-state index contributed by atoms with van der Waals surface area (Å²) in [6, 6.07) is 1.05. The van der Waals surface area contributed by atoms with Gasteiger partial charge in [-0.1, -0.05) is 0 Å². The molecular weight excluding hydrogens is 207 g/mol. The minimum absolute atomic E-state index is 0.319. The molecule has 6 heteroatoms. The van der Waals surface area contributed by atoms with Gasteiger partial charge < -0.3 is 5.32 Å². The third kappa shape index (κ3) is 5.31. The van der Waals surface area contributed by atoms with E-state index >= 15 is 0 Å². The predicted octanol–water partition coefficient (Wildman–Crippen LogP) is 1.91. The van der Waals surface area contributed by atoms with Crippen LogP contribution in [-0.2, 0) is 6.54 Å². The van der Waals surface area contributed by atoms with Gasteiger partial charge in [-0.2, -0.15) is 13.2 Å². The first-order valence-corrected chi connectivity index (χ1v) is 4.52. The minimum Gasteiger partial charge on any atom is -0.308 e. The van der Waals surface area contributed by atoms with Crippen LogP contribution in [0.2, 0.25) is 0 Å². The zero-order valence-electron chi connectivity index (χ0n) is 8.25. The highest BCUT2D eigenvalue weighted by molar-refractivity contribution is 4.97. The van der Waals surface area contributed by atoms with Crippen molar-refractivity contribution in [2.45, 2.75) is 32.1 Å². The third-order valence-corrected chi connectivity index (χ3v) is 1.81. The molecule has 0 saturated heterocycles. The normalized spacial score (nSPS) is 13.9. The maximum Gasteiger partial charge on any atom is 0.390 e. The second-order valence-electron chi connectivity index (χ2n) is 3.30. The molecule has 0 bridgehead atoms. The molecule has 1 atom stereocenters. The predicted molar refractivity (Wildman–Crippen MR) is 49.0 cm³/mol. The molecule has 0 aliphatic rings. The fourth-order valence-electron chi connectivity index (χ4n) is 1.12. The Bertz CT molecular complexity index is 286. The molecule has 1 rings (SSSR count). The van der Waals surface area contributed by atoms with E-state index in [0.717, 1.165) is 0 Å². The van der Waals surface area contributed by atoms with Crippen molar-refractivity contribution in [2.24, 2.45) is 0 Å². The fraction of sp³-hybridized carbons (Fsp3) is 0.556. The number of hydrogen-bond acceptors (Lipinski definition) is 3. The molecule has 1 N–H and O–H groups in total. The Hall–Kier alpha value is -1.17. The fourth-order valence-corrected chi connectivity index (χ4v) is 1.12. The number of rotatable bonds is 4. The van der Waals surface area contributed by atoms with E-state index in [9.17, 15) is 13.2 Å². The molecule has 0 radical (unpaired) electrons. The van der Waals surface area contributed by atoms with E-state index in [2.05, 4.69) is 15.3 Å². The highest BCUT2D eigenvalue weighted by Crippen LogP contribution is 2.21. The number of nitrogens with one attached hydrogen (secondary N) is 1. The highest BCUT2D eigenvalue weighted by atomic mass is 19.4. The van der Waals surface area contributed by atoms with Crippen LogP contribution in [0.3, 0.4) is 0 Å². The Morgan fingerprint density at radius 1 is 1.47 bits per heavy atom. The minimum atomic E-state index is -4.13. The van der Waals surface area contributed by atoms with Crippen molar-refractivity contribution in [2.75, 3.05) is 0 Å². The van der Waals surface area contributed by atoms with E-state index in [1.807, 2.05) is 0 Å². The van der Waals surface area contributed by atoms with Crippen LogP contribution in [0.25, 0.3) is 0 Å². The average Bonchev–Trinajstić information content (AvgIpc) is 2.14. The Labute approximate surface area is 85.7 Å². The molecule has 1 aromatic heterocycles. The number of nitrogens with zero attached hydrogens (tertiary/aromatic N) is 2. The summed E-state index contributed by atoms with van der Waals surface area (Å²) in [5.41, 5.74) is 0.680. The summed E-state index contributed by atoms with van der Waals surface area (Å²) in [5, 5.41) is 2.75. The average molecular weight is 219 g/mol. The molecule has 0 amide bonds. The van der Waals surface area contributed by atoms with Crippen molar-refractivity contribution in [1.82, 2.24) is 15.3 Å². The van der Waals surface area contributed by atoms with Crippen molar-refractivity contribution in [3.8, 4) is 0 Å². The summed E-state index contributed by atoms with van der Waals surface area (Å²) in [6.45, 7) is 1.81. The zero-order chi connectivity index (χ0) is 11.3.